The summed E-state index contributed by atoms with van der Waals surface area (Å²) in [6, 6.07) is 16.6. The summed E-state index contributed by atoms with van der Waals surface area (Å²) in [6.45, 7) is 3.63. The van der Waals surface area contributed by atoms with Crippen molar-refractivity contribution >= 4 is 11.8 Å². The summed E-state index contributed by atoms with van der Waals surface area (Å²) in [5.41, 5.74) is 7.35. The fraction of sp³-hybridized carbons (Fsp3) is 0.300. The molecule has 2 aromatic rings. The second-order valence-corrected chi connectivity index (χ2v) is 6.37. The summed E-state index contributed by atoms with van der Waals surface area (Å²) in [6.07, 6.45) is -0.0405. The standard InChI is InChI=1S/C20H23N3O3/c21-19(24)16-6-8-17(9-7-16)20(25)22-12-18-14-23(10-11-26-18)13-15-4-2-1-3-5-15/h1-9,18H,10-14H2,(H2,21,24)(H,22,25). The minimum absolute atomic E-state index is 0.0405. The first-order valence-electron chi connectivity index (χ1n) is 8.68. The molecule has 136 valence electrons. The van der Waals surface area contributed by atoms with Gasteiger partial charge in [0.1, 0.15) is 0 Å². The van der Waals surface area contributed by atoms with Crippen molar-refractivity contribution in [2.45, 2.75) is 12.6 Å². The maximum atomic E-state index is 12.2. The fourth-order valence-electron chi connectivity index (χ4n) is 2.98. The van der Waals surface area contributed by atoms with Crippen LogP contribution in [-0.4, -0.2) is 49.1 Å². The van der Waals surface area contributed by atoms with Crippen molar-refractivity contribution < 1.29 is 14.3 Å². The van der Waals surface area contributed by atoms with Crippen molar-refractivity contribution in [3.63, 3.8) is 0 Å². The third-order valence-corrected chi connectivity index (χ3v) is 4.39. The van der Waals surface area contributed by atoms with E-state index in [4.69, 9.17) is 10.5 Å². The summed E-state index contributed by atoms with van der Waals surface area (Å²) in [7, 11) is 0. The van der Waals surface area contributed by atoms with Gasteiger partial charge in [-0.05, 0) is 29.8 Å². The van der Waals surface area contributed by atoms with Crippen LogP contribution in [0.3, 0.4) is 0 Å². The van der Waals surface area contributed by atoms with E-state index in [0.29, 0.717) is 24.3 Å². The van der Waals surface area contributed by atoms with Gasteiger partial charge in [-0.1, -0.05) is 30.3 Å². The molecule has 0 bridgehead atoms. The van der Waals surface area contributed by atoms with Crippen LogP contribution in [0.25, 0.3) is 0 Å². The smallest absolute Gasteiger partial charge is 0.251 e. The van der Waals surface area contributed by atoms with Gasteiger partial charge in [-0.3, -0.25) is 14.5 Å². The number of carbonyl (C=O) groups excluding carboxylic acids is 2. The summed E-state index contributed by atoms with van der Waals surface area (Å²) in [5.74, 6) is -0.698. The Balaban J connectivity index is 1.49. The third-order valence-electron chi connectivity index (χ3n) is 4.39. The lowest BCUT2D eigenvalue weighted by atomic mass is 10.1. The van der Waals surface area contributed by atoms with Crippen LogP contribution in [0.2, 0.25) is 0 Å². The quantitative estimate of drug-likeness (QED) is 0.822. The van der Waals surface area contributed by atoms with E-state index in [1.54, 1.807) is 24.3 Å². The van der Waals surface area contributed by atoms with Gasteiger partial charge in [0.2, 0.25) is 5.91 Å². The van der Waals surface area contributed by atoms with Crippen molar-refractivity contribution in [2.24, 2.45) is 5.73 Å². The van der Waals surface area contributed by atoms with Crippen LogP contribution in [0.4, 0.5) is 0 Å². The zero-order valence-electron chi connectivity index (χ0n) is 14.6. The number of nitrogens with one attached hydrogen (secondary N) is 1. The molecule has 0 spiro atoms. The number of carbonyl (C=O) groups is 2. The van der Waals surface area contributed by atoms with Gasteiger partial charge in [0.05, 0.1) is 12.7 Å². The molecule has 0 radical (unpaired) electrons. The number of nitrogens with two attached hydrogens (primary N) is 1. The largest absolute Gasteiger partial charge is 0.374 e. The number of nitrogens with zero attached hydrogens (tertiary/aromatic N) is 1. The Morgan fingerprint density at radius 2 is 1.77 bits per heavy atom. The average molecular weight is 353 g/mol. The van der Waals surface area contributed by atoms with E-state index in [0.717, 1.165) is 19.6 Å². The van der Waals surface area contributed by atoms with Crippen LogP contribution in [0.5, 0.6) is 0 Å². The van der Waals surface area contributed by atoms with Crippen LogP contribution in [-0.2, 0) is 11.3 Å². The van der Waals surface area contributed by atoms with Gasteiger partial charge in [0.25, 0.3) is 5.91 Å². The molecule has 3 rings (SSSR count). The summed E-state index contributed by atoms with van der Waals surface area (Å²) in [4.78, 5) is 25.7. The van der Waals surface area contributed by atoms with Gasteiger partial charge >= 0.3 is 0 Å². The van der Waals surface area contributed by atoms with Crippen LogP contribution in [0, 0.1) is 0 Å². The molecule has 1 unspecified atom stereocenters. The molecule has 6 heteroatoms. The molecule has 2 amide bonds. The summed E-state index contributed by atoms with van der Waals surface area (Å²) in [5, 5.41) is 2.89. The number of primary amides is 1. The number of hydrogen-bond donors (Lipinski definition) is 2. The van der Waals surface area contributed by atoms with Crippen molar-refractivity contribution in [1.82, 2.24) is 10.2 Å². The van der Waals surface area contributed by atoms with Crippen molar-refractivity contribution in [3.05, 3.63) is 71.3 Å². The van der Waals surface area contributed by atoms with Crippen molar-refractivity contribution in [1.29, 1.82) is 0 Å². The molecule has 1 aliphatic heterocycles. The second-order valence-electron chi connectivity index (χ2n) is 6.37. The average Bonchev–Trinajstić information content (AvgIpc) is 2.67. The van der Waals surface area contributed by atoms with Gasteiger partial charge in [0.15, 0.2) is 0 Å². The molecular formula is C20H23N3O3. The van der Waals surface area contributed by atoms with E-state index >= 15 is 0 Å². The predicted molar refractivity (Wildman–Crippen MR) is 98.8 cm³/mol. The number of benzene rings is 2. The Morgan fingerprint density at radius 1 is 1.08 bits per heavy atom. The lowest BCUT2D eigenvalue weighted by Crippen LogP contribution is -2.47. The molecule has 0 aromatic heterocycles. The molecule has 1 saturated heterocycles. The highest BCUT2D eigenvalue weighted by molar-refractivity contribution is 5.97. The number of ether oxygens (including phenoxy) is 1. The molecule has 2 aromatic carbocycles. The Morgan fingerprint density at radius 3 is 2.46 bits per heavy atom. The maximum Gasteiger partial charge on any atom is 0.251 e. The van der Waals surface area contributed by atoms with Crippen LogP contribution >= 0.6 is 0 Å². The van der Waals surface area contributed by atoms with E-state index in [-0.39, 0.29) is 12.0 Å². The van der Waals surface area contributed by atoms with E-state index in [9.17, 15) is 9.59 Å². The number of rotatable bonds is 6. The van der Waals surface area contributed by atoms with Gasteiger partial charge in [-0.25, -0.2) is 0 Å². The van der Waals surface area contributed by atoms with Gasteiger partial charge in [0, 0.05) is 37.3 Å². The van der Waals surface area contributed by atoms with Gasteiger partial charge in [-0.15, -0.1) is 0 Å². The summed E-state index contributed by atoms with van der Waals surface area (Å²) < 4.78 is 5.77. The number of morpholine rings is 1. The minimum Gasteiger partial charge on any atom is -0.374 e. The molecule has 26 heavy (non-hydrogen) atoms. The molecular weight excluding hydrogens is 330 g/mol. The Kier molecular flexibility index (Phi) is 5.99. The van der Waals surface area contributed by atoms with E-state index in [1.165, 1.54) is 5.56 Å². The normalized spacial score (nSPS) is 17.6. The van der Waals surface area contributed by atoms with Crippen LogP contribution in [0.15, 0.2) is 54.6 Å². The van der Waals surface area contributed by atoms with Crippen LogP contribution < -0.4 is 11.1 Å². The van der Waals surface area contributed by atoms with Crippen molar-refractivity contribution in [2.75, 3.05) is 26.2 Å². The topological polar surface area (TPSA) is 84.7 Å². The minimum atomic E-state index is -0.508. The molecule has 0 saturated carbocycles. The molecule has 0 aliphatic carbocycles. The number of amides is 2. The van der Waals surface area contributed by atoms with E-state index < -0.39 is 5.91 Å². The Labute approximate surface area is 152 Å². The first kappa shape index (κ1) is 18.1. The molecule has 1 fully saturated rings. The molecule has 1 heterocycles. The van der Waals surface area contributed by atoms with Gasteiger partial charge < -0.3 is 15.8 Å². The lowest BCUT2D eigenvalue weighted by molar-refractivity contribution is -0.0292. The monoisotopic (exact) mass is 353 g/mol. The lowest BCUT2D eigenvalue weighted by Gasteiger charge is -2.33. The highest BCUT2D eigenvalue weighted by Gasteiger charge is 2.21. The zero-order valence-corrected chi connectivity index (χ0v) is 14.6. The van der Waals surface area contributed by atoms with Crippen LogP contribution in [0.1, 0.15) is 26.3 Å². The number of hydrogen-bond acceptors (Lipinski definition) is 4. The SMILES string of the molecule is NC(=O)c1ccc(C(=O)NCC2CN(Cc3ccccc3)CCO2)cc1. The summed E-state index contributed by atoms with van der Waals surface area (Å²) >= 11 is 0. The van der Waals surface area contributed by atoms with Gasteiger partial charge in [-0.2, -0.15) is 0 Å². The predicted octanol–water partition coefficient (Wildman–Crippen LogP) is 1.42. The molecule has 1 atom stereocenters. The molecule has 1 aliphatic rings. The fourth-order valence-corrected chi connectivity index (χ4v) is 2.98. The highest BCUT2D eigenvalue weighted by atomic mass is 16.5. The van der Waals surface area contributed by atoms with E-state index in [2.05, 4.69) is 22.3 Å². The molecule has 6 nitrogen and oxygen atoms in total. The first-order chi connectivity index (χ1) is 12.6. The van der Waals surface area contributed by atoms with E-state index in [1.807, 2.05) is 18.2 Å². The first-order valence-corrected chi connectivity index (χ1v) is 8.68. The third kappa shape index (κ3) is 4.91. The second kappa shape index (κ2) is 8.60. The Hall–Kier alpha value is -2.70. The highest BCUT2D eigenvalue weighted by Crippen LogP contribution is 2.10. The molecule has 3 N–H and O–H groups in total. The van der Waals surface area contributed by atoms with Crippen molar-refractivity contribution in [3.8, 4) is 0 Å². The zero-order chi connectivity index (χ0) is 18.4. The Bertz CT molecular complexity index is 747. The maximum absolute atomic E-state index is 12.2.